The summed E-state index contributed by atoms with van der Waals surface area (Å²) < 4.78 is 38.0. The van der Waals surface area contributed by atoms with E-state index in [9.17, 15) is 9.59 Å². The van der Waals surface area contributed by atoms with E-state index < -0.39 is 44.4 Å². The Hall–Kier alpha value is -2.56. The van der Waals surface area contributed by atoms with Gasteiger partial charge in [0.25, 0.3) is 8.32 Å². The van der Waals surface area contributed by atoms with Crippen molar-refractivity contribution in [3.05, 3.63) is 60.7 Å². The summed E-state index contributed by atoms with van der Waals surface area (Å²) in [6.07, 6.45) is 0.582. The lowest BCUT2D eigenvalue weighted by Crippen LogP contribution is -2.68. The fraction of sp³-hybridized carbons (Fsp3) is 0.588. The maximum absolute atomic E-state index is 12.3. The molecule has 238 valence electrons. The molecule has 2 aromatic rings. The Labute approximate surface area is 258 Å². The zero-order chi connectivity index (χ0) is 31.5. The van der Waals surface area contributed by atoms with Gasteiger partial charge in [-0.25, -0.2) is 0 Å². The summed E-state index contributed by atoms with van der Waals surface area (Å²) in [5.74, 6) is -1.07. The van der Waals surface area contributed by atoms with Crippen LogP contribution in [0, 0.1) is 0 Å². The first-order valence-corrected chi connectivity index (χ1v) is 17.4. The smallest absolute Gasteiger partial charge is 0.305 e. The lowest BCUT2D eigenvalue weighted by Gasteiger charge is -2.45. The highest BCUT2D eigenvalue weighted by molar-refractivity contribution is 6.99. The molecule has 0 saturated carbocycles. The largest absolute Gasteiger partial charge is 0.453 e. The van der Waals surface area contributed by atoms with E-state index in [0.29, 0.717) is 13.2 Å². The fourth-order valence-corrected chi connectivity index (χ4v) is 10.3. The predicted octanol–water partition coefficient (Wildman–Crippen LogP) is 5.15. The van der Waals surface area contributed by atoms with Crippen molar-refractivity contribution < 1.29 is 37.7 Å². The van der Waals surface area contributed by atoms with Crippen LogP contribution in [-0.4, -0.2) is 70.8 Å². The highest BCUT2D eigenvalue weighted by atomic mass is 28.4. The van der Waals surface area contributed by atoms with E-state index in [0.717, 1.165) is 36.1 Å². The maximum atomic E-state index is 12.3. The number of esters is 2. The molecule has 1 saturated heterocycles. The SMILES string of the molecule is CCCCOC[C@@]1(CO[Si](c2ccccc2)(c2ccccc2)C(C)(C)C)OC(OC(C)=O)[C@@H](OC(C)=O)C1OCCCC. The molecule has 0 aromatic heterocycles. The molecule has 2 aromatic carbocycles. The van der Waals surface area contributed by atoms with E-state index in [1.165, 1.54) is 13.8 Å². The highest BCUT2D eigenvalue weighted by Gasteiger charge is 2.61. The van der Waals surface area contributed by atoms with Crippen molar-refractivity contribution in [3.63, 3.8) is 0 Å². The first-order chi connectivity index (χ1) is 20.5. The zero-order valence-corrected chi connectivity index (χ0v) is 27.9. The molecule has 2 unspecified atom stereocenters. The molecule has 1 heterocycles. The molecular weight excluding hydrogens is 564 g/mol. The van der Waals surface area contributed by atoms with Gasteiger partial charge in [-0.2, -0.15) is 0 Å². The monoisotopic (exact) mass is 614 g/mol. The van der Waals surface area contributed by atoms with Crippen LogP contribution in [0.4, 0.5) is 0 Å². The second-order valence-electron chi connectivity index (χ2n) is 12.2. The van der Waals surface area contributed by atoms with Crippen LogP contribution in [-0.2, 0) is 37.7 Å². The van der Waals surface area contributed by atoms with E-state index >= 15 is 0 Å². The van der Waals surface area contributed by atoms with E-state index in [1.54, 1.807) is 0 Å². The summed E-state index contributed by atoms with van der Waals surface area (Å²) in [7, 11) is -3.00. The molecule has 8 nitrogen and oxygen atoms in total. The number of ether oxygens (including phenoxy) is 5. The summed E-state index contributed by atoms with van der Waals surface area (Å²) >= 11 is 0. The topological polar surface area (TPSA) is 89.5 Å². The number of unbranched alkanes of at least 4 members (excludes halogenated alkanes) is 2. The van der Waals surface area contributed by atoms with E-state index in [1.807, 2.05) is 36.4 Å². The summed E-state index contributed by atoms with van der Waals surface area (Å²) in [4.78, 5) is 24.5. The van der Waals surface area contributed by atoms with Gasteiger partial charge in [0.05, 0.1) is 13.2 Å². The number of carbonyl (C=O) groups is 2. The second kappa shape index (κ2) is 16.0. The molecule has 1 aliphatic rings. The molecule has 0 aliphatic carbocycles. The van der Waals surface area contributed by atoms with Crippen LogP contribution in [0.5, 0.6) is 0 Å². The van der Waals surface area contributed by atoms with Crippen molar-refractivity contribution in [3.8, 4) is 0 Å². The molecule has 43 heavy (non-hydrogen) atoms. The molecule has 0 amide bonds. The van der Waals surface area contributed by atoms with Crippen LogP contribution < -0.4 is 10.4 Å². The minimum absolute atomic E-state index is 0.0682. The van der Waals surface area contributed by atoms with Crippen LogP contribution in [0.15, 0.2) is 60.7 Å². The van der Waals surface area contributed by atoms with E-state index in [-0.39, 0.29) is 18.3 Å². The molecule has 9 heteroatoms. The number of hydrogen-bond donors (Lipinski definition) is 0. The lowest BCUT2D eigenvalue weighted by atomic mass is 9.96. The van der Waals surface area contributed by atoms with Crippen molar-refractivity contribution in [2.24, 2.45) is 0 Å². The Kier molecular flexibility index (Phi) is 13.0. The van der Waals surface area contributed by atoms with Gasteiger partial charge in [0.15, 0.2) is 6.10 Å². The molecule has 1 fully saturated rings. The van der Waals surface area contributed by atoms with E-state index in [4.69, 9.17) is 28.1 Å². The third kappa shape index (κ3) is 8.54. The third-order valence-corrected chi connectivity index (χ3v) is 12.7. The molecule has 4 atom stereocenters. The van der Waals surface area contributed by atoms with Gasteiger partial charge in [0.2, 0.25) is 6.29 Å². The van der Waals surface area contributed by atoms with E-state index in [2.05, 4.69) is 58.9 Å². The average Bonchev–Trinajstić information content (AvgIpc) is 3.22. The Bertz CT molecular complexity index is 1100. The first-order valence-electron chi connectivity index (χ1n) is 15.5. The lowest BCUT2D eigenvalue weighted by molar-refractivity contribution is -0.216. The van der Waals surface area contributed by atoms with Crippen molar-refractivity contribution >= 4 is 30.6 Å². The van der Waals surface area contributed by atoms with Crippen molar-refractivity contribution in [1.82, 2.24) is 0 Å². The molecule has 0 N–H and O–H groups in total. The van der Waals surface area contributed by atoms with Crippen molar-refractivity contribution in [1.29, 1.82) is 0 Å². The second-order valence-corrected chi connectivity index (χ2v) is 16.5. The Balaban J connectivity index is 2.16. The van der Waals surface area contributed by atoms with Gasteiger partial charge in [-0.3, -0.25) is 9.59 Å². The molecule has 0 radical (unpaired) electrons. The number of benzene rings is 2. The van der Waals surface area contributed by atoms with Gasteiger partial charge in [-0.15, -0.1) is 0 Å². The minimum Gasteiger partial charge on any atom is -0.453 e. The van der Waals surface area contributed by atoms with Gasteiger partial charge in [-0.1, -0.05) is 108 Å². The van der Waals surface area contributed by atoms with Gasteiger partial charge in [0, 0.05) is 27.1 Å². The highest BCUT2D eigenvalue weighted by Crippen LogP contribution is 2.41. The number of carbonyl (C=O) groups excluding carboxylic acids is 2. The minimum atomic E-state index is -3.00. The molecular formula is C34H50O8Si. The van der Waals surface area contributed by atoms with Gasteiger partial charge in [-0.05, 0) is 28.3 Å². The molecule has 1 aliphatic heterocycles. The summed E-state index contributed by atoms with van der Waals surface area (Å²) in [5.41, 5.74) is -1.23. The van der Waals surface area contributed by atoms with Crippen LogP contribution >= 0.6 is 0 Å². The van der Waals surface area contributed by atoms with Crippen molar-refractivity contribution in [2.75, 3.05) is 26.4 Å². The standard InChI is InChI=1S/C34H50O8Si/c1-8-10-22-37-24-34(31(38-23-11-9-2)30(40-26(3)35)32(42-34)41-27(4)36)25-39-43(33(5,6)7,28-18-14-12-15-19-28)29-20-16-13-17-21-29/h12-21,30-32H,8-11,22-25H2,1-7H3/t30-,31?,32?,34-/m0/s1. The summed E-state index contributed by atoms with van der Waals surface area (Å²) in [6, 6.07) is 20.7. The third-order valence-electron chi connectivity index (χ3n) is 7.75. The quantitative estimate of drug-likeness (QED) is 0.146. The van der Waals surface area contributed by atoms with Crippen LogP contribution in [0.3, 0.4) is 0 Å². The fourth-order valence-electron chi connectivity index (χ4n) is 5.73. The van der Waals surface area contributed by atoms with Gasteiger partial charge in [0.1, 0.15) is 11.7 Å². The molecule has 0 bridgehead atoms. The number of rotatable bonds is 16. The van der Waals surface area contributed by atoms with Gasteiger partial charge >= 0.3 is 11.9 Å². The summed E-state index contributed by atoms with van der Waals surface area (Å²) in [6.45, 7) is 14.5. The van der Waals surface area contributed by atoms with Crippen LogP contribution in [0.2, 0.25) is 5.04 Å². The average molecular weight is 615 g/mol. The first kappa shape index (κ1) is 34.9. The Morgan fingerprint density at radius 3 is 1.84 bits per heavy atom. The normalized spacial score (nSPS) is 22.3. The van der Waals surface area contributed by atoms with Crippen molar-refractivity contribution in [2.45, 2.75) is 103 Å². The Morgan fingerprint density at radius 1 is 0.814 bits per heavy atom. The van der Waals surface area contributed by atoms with Crippen LogP contribution in [0.1, 0.15) is 74.1 Å². The number of hydrogen-bond acceptors (Lipinski definition) is 8. The Morgan fingerprint density at radius 2 is 1.35 bits per heavy atom. The summed E-state index contributed by atoms with van der Waals surface area (Å²) in [5, 5.41) is 1.94. The zero-order valence-electron chi connectivity index (χ0n) is 26.9. The van der Waals surface area contributed by atoms with Crippen LogP contribution in [0.25, 0.3) is 0 Å². The maximum Gasteiger partial charge on any atom is 0.305 e. The van der Waals surface area contributed by atoms with Gasteiger partial charge < -0.3 is 28.1 Å². The predicted molar refractivity (Wildman–Crippen MR) is 169 cm³/mol. The molecule has 3 rings (SSSR count). The molecule has 0 spiro atoms.